The topological polar surface area (TPSA) is 54.5 Å². The molecule has 1 aliphatic heterocycles. The molecule has 1 aromatic carbocycles. The molecular weight excluding hydrogens is 346 g/mol. The third-order valence-corrected chi connectivity index (χ3v) is 5.87. The number of carbonyl (C=O) groups is 1. The fourth-order valence-corrected chi connectivity index (χ4v) is 4.36. The molecule has 140 valence electrons. The van der Waals surface area contributed by atoms with Gasteiger partial charge in [-0.1, -0.05) is 24.6 Å². The first-order valence-corrected chi connectivity index (χ1v) is 10.1. The summed E-state index contributed by atoms with van der Waals surface area (Å²) in [5, 5.41) is 4.06. The molecule has 6 heteroatoms. The average Bonchev–Trinajstić information content (AvgIpc) is 3.03. The molecule has 0 bridgehead atoms. The number of amides is 1. The molecule has 0 aliphatic carbocycles. The molecule has 0 atom stereocenters. The van der Waals surface area contributed by atoms with Gasteiger partial charge in [0.2, 0.25) is 0 Å². The van der Waals surface area contributed by atoms with Gasteiger partial charge in [-0.3, -0.25) is 9.69 Å². The van der Waals surface area contributed by atoms with Crippen molar-refractivity contribution in [3.05, 3.63) is 45.4 Å². The summed E-state index contributed by atoms with van der Waals surface area (Å²) in [6.07, 6.45) is 4.60. The predicted octanol–water partition coefficient (Wildman–Crippen LogP) is 3.42. The van der Waals surface area contributed by atoms with E-state index in [9.17, 15) is 4.79 Å². The molecule has 0 unspecified atom stereocenters. The van der Waals surface area contributed by atoms with Gasteiger partial charge in [-0.2, -0.15) is 0 Å². The number of benzene rings is 1. The van der Waals surface area contributed by atoms with Crippen LogP contribution >= 0.6 is 11.3 Å². The molecule has 1 aliphatic rings. The zero-order valence-corrected chi connectivity index (χ0v) is 16.4. The largest absolute Gasteiger partial charge is 0.496 e. The maximum absolute atomic E-state index is 12.5. The molecule has 0 saturated carbocycles. The number of hydrogen-bond donors (Lipinski definition) is 1. The Morgan fingerprint density at radius 3 is 2.81 bits per heavy atom. The molecular formula is C20H27N3O2S. The quantitative estimate of drug-likeness (QED) is 0.808. The standard InChI is InChI=1S/C20H27N3O2S/c1-15-19(26-18(22-15)14-23-12-6-3-7-13-23)20(24)21-11-10-16-8-4-5-9-17(16)25-2/h4-5,8-9H,3,6-7,10-14H2,1-2H3,(H,21,24). The highest BCUT2D eigenvalue weighted by Crippen LogP contribution is 2.21. The summed E-state index contributed by atoms with van der Waals surface area (Å²) < 4.78 is 5.36. The van der Waals surface area contributed by atoms with Crippen molar-refractivity contribution in [2.45, 2.75) is 39.2 Å². The normalized spacial score (nSPS) is 15.0. The summed E-state index contributed by atoms with van der Waals surface area (Å²) in [6, 6.07) is 7.91. The summed E-state index contributed by atoms with van der Waals surface area (Å²) >= 11 is 1.53. The lowest BCUT2D eigenvalue weighted by Gasteiger charge is -2.25. The first-order chi connectivity index (χ1) is 12.7. The van der Waals surface area contributed by atoms with Crippen LogP contribution in [0.2, 0.25) is 0 Å². The Kier molecular flexibility index (Phi) is 6.63. The highest BCUT2D eigenvalue weighted by molar-refractivity contribution is 7.13. The number of thiazole rings is 1. The van der Waals surface area contributed by atoms with Crippen LogP contribution in [0.25, 0.3) is 0 Å². The van der Waals surface area contributed by atoms with Crippen LogP contribution in [0.3, 0.4) is 0 Å². The number of para-hydroxylation sites is 1. The van der Waals surface area contributed by atoms with Gasteiger partial charge in [0.15, 0.2) is 0 Å². The number of aromatic nitrogens is 1. The number of methoxy groups -OCH3 is 1. The van der Waals surface area contributed by atoms with E-state index in [0.717, 1.165) is 52.9 Å². The molecule has 1 N–H and O–H groups in total. The molecule has 0 spiro atoms. The van der Waals surface area contributed by atoms with Gasteiger partial charge in [0.05, 0.1) is 19.3 Å². The van der Waals surface area contributed by atoms with Gasteiger partial charge in [-0.15, -0.1) is 11.3 Å². The molecule has 1 aromatic heterocycles. The molecule has 1 amide bonds. The van der Waals surface area contributed by atoms with E-state index in [2.05, 4.69) is 15.2 Å². The van der Waals surface area contributed by atoms with Gasteiger partial charge in [-0.25, -0.2) is 4.98 Å². The molecule has 5 nitrogen and oxygen atoms in total. The monoisotopic (exact) mass is 373 g/mol. The molecule has 0 radical (unpaired) electrons. The van der Waals surface area contributed by atoms with Crippen molar-refractivity contribution in [2.24, 2.45) is 0 Å². The Labute approximate surface area is 159 Å². The number of likely N-dealkylation sites (tertiary alicyclic amines) is 1. The number of hydrogen-bond acceptors (Lipinski definition) is 5. The van der Waals surface area contributed by atoms with Crippen molar-refractivity contribution in [1.82, 2.24) is 15.2 Å². The Hall–Kier alpha value is -1.92. The van der Waals surface area contributed by atoms with Crippen LogP contribution < -0.4 is 10.1 Å². The van der Waals surface area contributed by atoms with E-state index in [1.807, 2.05) is 31.2 Å². The van der Waals surface area contributed by atoms with Gasteiger partial charge in [0, 0.05) is 6.54 Å². The van der Waals surface area contributed by atoms with Crippen LogP contribution in [0.15, 0.2) is 24.3 Å². The van der Waals surface area contributed by atoms with E-state index in [0.29, 0.717) is 6.54 Å². The number of nitrogens with zero attached hydrogens (tertiary/aromatic N) is 2. The highest BCUT2D eigenvalue weighted by atomic mass is 32.1. The van der Waals surface area contributed by atoms with Crippen molar-refractivity contribution >= 4 is 17.2 Å². The van der Waals surface area contributed by atoms with Gasteiger partial charge < -0.3 is 10.1 Å². The zero-order valence-electron chi connectivity index (χ0n) is 15.6. The first kappa shape index (κ1) is 18.9. The van der Waals surface area contributed by atoms with Crippen LogP contribution in [0.4, 0.5) is 0 Å². The Bertz CT molecular complexity index is 738. The van der Waals surface area contributed by atoms with E-state index in [1.54, 1.807) is 7.11 Å². The number of piperidine rings is 1. The minimum absolute atomic E-state index is 0.0280. The van der Waals surface area contributed by atoms with Gasteiger partial charge in [-0.05, 0) is 50.9 Å². The third kappa shape index (κ3) is 4.83. The molecule has 1 fully saturated rings. The summed E-state index contributed by atoms with van der Waals surface area (Å²) in [5.74, 6) is 0.833. The SMILES string of the molecule is COc1ccccc1CCNC(=O)c1sc(CN2CCCCC2)nc1C. The first-order valence-electron chi connectivity index (χ1n) is 9.26. The number of aryl methyl sites for hydroxylation is 1. The lowest BCUT2D eigenvalue weighted by atomic mass is 10.1. The maximum atomic E-state index is 12.5. The molecule has 1 saturated heterocycles. The second-order valence-corrected chi connectivity index (χ2v) is 7.76. The van der Waals surface area contributed by atoms with Crippen molar-refractivity contribution in [2.75, 3.05) is 26.7 Å². The van der Waals surface area contributed by atoms with E-state index in [4.69, 9.17) is 4.74 Å². The van der Waals surface area contributed by atoms with Crippen LogP contribution in [-0.4, -0.2) is 42.5 Å². The van der Waals surface area contributed by atoms with Crippen molar-refractivity contribution < 1.29 is 9.53 Å². The van der Waals surface area contributed by atoms with E-state index in [-0.39, 0.29) is 5.91 Å². The van der Waals surface area contributed by atoms with Crippen molar-refractivity contribution in [1.29, 1.82) is 0 Å². The van der Waals surface area contributed by atoms with Gasteiger partial charge in [0.1, 0.15) is 15.6 Å². The van der Waals surface area contributed by atoms with Crippen LogP contribution in [-0.2, 0) is 13.0 Å². The van der Waals surface area contributed by atoms with E-state index < -0.39 is 0 Å². The molecule has 2 aromatic rings. The molecule has 2 heterocycles. The Balaban J connectivity index is 1.54. The van der Waals surface area contributed by atoms with Crippen LogP contribution in [0.1, 0.15) is 45.2 Å². The predicted molar refractivity (Wildman–Crippen MR) is 105 cm³/mol. The van der Waals surface area contributed by atoms with Crippen molar-refractivity contribution in [3.63, 3.8) is 0 Å². The number of ether oxygens (including phenoxy) is 1. The van der Waals surface area contributed by atoms with Gasteiger partial charge >= 0.3 is 0 Å². The fourth-order valence-electron chi connectivity index (χ4n) is 3.34. The van der Waals surface area contributed by atoms with Crippen LogP contribution in [0.5, 0.6) is 5.75 Å². The zero-order chi connectivity index (χ0) is 18.4. The number of carbonyl (C=O) groups excluding carboxylic acids is 1. The summed E-state index contributed by atoms with van der Waals surface area (Å²) in [7, 11) is 1.67. The highest BCUT2D eigenvalue weighted by Gasteiger charge is 2.18. The van der Waals surface area contributed by atoms with E-state index >= 15 is 0 Å². The minimum Gasteiger partial charge on any atom is -0.496 e. The average molecular weight is 374 g/mol. The second-order valence-electron chi connectivity index (χ2n) is 6.68. The number of nitrogens with one attached hydrogen (secondary N) is 1. The third-order valence-electron chi connectivity index (χ3n) is 4.73. The second kappa shape index (κ2) is 9.14. The lowest BCUT2D eigenvalue weighted by Crippen LogP contribution is -2.29. The smallest absolute Gasteiger partial charge is 0.263 e. The molecule has 26 heavy (non-hydrogen) atoms. The Morgan fingerprint density at radius 1 is 1.27 bits per heavy atom. The lowest BCUT2D eigenvalue weighted by molar-refractivity contribution is 0.0957. The summed E-state index contributed by atoms with van der Waals surface area (Å²) in [6.45, 7) is 5.64. The van der Waals surface area contributed by atoms with E-state index in [1.165, 1.54) is 30.6 Å². The maximum Gasteiger partial charge on any atom is 0.263 e. The van der Waals surface area contributed by atoms with Crippen LogP contribution in [0, 0.1) is 6.92 Å². The summed E-state index contributed by atoms with van der Waals surface area (Å²) in [4.78, 5) is 20.3. The molecule has 3 rings (SSSR count). The minimum atomic E-state index is -0.0280. The number of rotatable bonds is 7. The fraction of sp³-hybridized carbons (Fsp3) is 0.500. The van der Waals surface area contributed by atoms with Gasteiger partial charge in [0.25, 0.3) is 5.91 Å². The Morgan fingerprint density at radius 2 is 2.04 bits per heavy atom. The summed E-state index contributed by atoms with van der Waals surface area (Å²) in [5.41, 5.74) is 1.93. The van der Waals surface area contributed by atoms with Crippen molar-refractivity contribution in [3.8, 4) is 5.75 Å².